The lowest BCUT2D eigenvalue weighted by Gasteiger charge is -2.17. The summed E-state index contributed by atoms with van der Waals surface area (Å²) in [4.78, 5) is 0. The highest BCUT2D eigenvalue weighted by atomic mass is 16.5. The van der Waals surface area contributed by atoms with E-state index in [9.17, 15) is 0 Å². The van der Waals surface area contributed by atoms with Gasteiger partial charge in [0.05, 0.1) is 5.76 Å². The number of rotatable bonds is 3. The van der Waals surface area contributed by atoms with Crippen LogP contribution in [-0.4, -0.2) is 0 Å². The number of benzene rings is 1. The molecule has 0 aliphatic rings. The molecule has 15 heavy (non-hydrogen) atoms. The Morgan fingerprint density at radius 2 is 1.87 bits per heavy atom. The lowest BCUT2D eigenvalue weighted by atomic mass is 9.97. The Balaban J connectivity index is 3.36. The molecular weight excluding hydrogens is 184 g/mol. The number of ether oxygens (including phenoxy) is 1. The van der Waals surface area contributed by atoms with Gasteiger partial charge in [0.2, 0.25) is 0 Å². The molecule has 0 radical (unpaired) electrons. The third kappa shape index (κ3) is 2.41. The highest BCUT2D eigenvalue weighted by Gasteiger charge is 2.11. The van der Waals surface area contributed by atoms with E-state index in [0.29, 0.717) is 0 Å². The topological polar surface area (TPSA) is 9.23 Å². The monoisotopic (exact) mass is 204 g/mol. The summed E-state index contributed by atoms with van der Waals surface area (Å²) in [6, 6.07) is 2.22. The summed E-state index contributed by atoms with van der Waals surface area (Å²) in [5.41, 5.74) is 5.10. The third-order valence-corrected chi connectivity index (χ3v) is 2.75. The number of allylic oxidation sites excluding steroid dienone is 1. The zero-order valence-corrected chi connectivity index (χ0v) is 10.4. The first kappa shape index (κ1) is 11.8. The van der Waals surface area contributed by atoms with Crippen molar-refractivity contribution < 1.29 is 4.74 Å². The Bertz CT molecular complexity index is 389. The van der Waals surface area contributed by atoms with Gasteiger partial charge < -0.3 is 4.74 Å². The number of hydrogen-bond acceptors (Lipinski definition) is 1. The standard InChI is InChI=1S/C14H20O/c1-7-13-11(5)8-10(4)12(6)14(13)15-9(2)3/h8H,2,7H2,1,3-6H3. The maximum absolute atomic E-state index is 5.73. The second kappa shape index (κ2) is 4.52. The number of aryl methyl sites for hydroxylation is 2. The van der Waals surface area contributed by atoms with E-state index in [1.807, 2.05) is 6.92 Å². The highest BCUT2D eigenvalue weighted by molar-refractivity contribution is 5.50. The van der Waals surface area contributed by atoms with Crippen molar-refractivity contribution >= 4 is 0 Å². The summed E-state index contributed by atoms with van der Waals surface area (Å²) in [7, 11) is 0. The van der Waals surface area contributed by atoms with Crippen LogP contribution in [0.1, 0.15) is 36.1 Å². The van der Waals surface area contributed by atoms with Crippen LogP contribution in [0, 0.1) is 20.8 Å². The minimum atomic E-state index is 0.748. The van der Waals surface area contributed by atoms with Crippen LogP contribution >= 0.6 is 0 Å². The lowest BCUT2D eigenvalue weighted by Crippen LogP contribution is -2.00. The zero-order chi connectivity index (χ0) is 11.6. The fraction of sp³-hybridized carbons (Fsp3) is 0.429. The quantitative estimate of drug-likeness (QED) is 0.674. The van der Waals surface area contributed by atoms with E-state index in [1.165, 1.54) is 22.3 Å². The average molecular weight is 204 g/mol. The van der Waals surface area contributed by atoms with Crippen molar-refractivity contribution in [1.82, 2.24) is 0 Å². The van der Waals surface area contributed by atoms with E-state index in [0.717, 1.165) is 17.9 Å². The fourth-order valence-corrected chi connectivity index (χ4v) is 1.86. The van der Waals surface area contributed by atoms with Crippen molar-refractivity contribution in [2.24, 2.45) is 0 Å². The van der Waals surface area contributed by atoms with E-state index in [4.69, 9.17) is 4.74 Å². The maximum atomic E-state index is 5.73. The van der Waals surface area contributed by atoms with Gasteiger partial charge in [0.15, 0.2) is 0 Å². The van der Waals surface area contributed by atoms with Crippen molar-refractivity contribution in [3.8, 4) is 5.75 Å². The minimum absolute atomic E-state index is 0.748. The fourth-order valence-electron chi connectivity index (χ4n) is 1.86. The SMILES string of the molecule is C=C(C)Oc1c(C)c(C)cc(C)c1CC. The first-order chi connectivity index (χ1) is 6.97. The predicted molar refractivity (Wildman–Crippen MR) is 65.5 cm³/mol. The Morgan fingerprint density at radius 3 is 2.33 bits per heavy atom. The normalized spacial score (nSPS) is 10.2. The van der Waals surface area contributed by atoms with E-state index >= 15 is 0 Å². The summed E-state index contributed by atoms with van der Waals surface area (Å²) < 4.78 is 5.73. The minimum Gasteiger partial charge on any atom is -0.462 e. The van der Waals surface area contributed by atoms with Crippen LogP contribution in [0.25, 0.3) is 0 Å². The van der Waals surface area contributed by atoms with Gasteiger partial charge in [0, 0.05) is 0 Å². The summed E-state index contributed by atoms with van der Waals surface area (Å²) in [6.45, 7) is 14.2. The second-order valence-electron chi connectivity index (χ2n) is 4.10. The Morgan fingerprint density at radius 1 is 1.27 bits per heavy atom. The molecule has 1 aromatic rings. The molecule has 0 saturated heterocycles. The summed E-state index contributed by atoms with van der Waals surface area (Å²) in [6.07, 6.45) is 0.996. The molecule has 1 aromatic carbocycles. The predicted octanol–water partition coefficient (Wildman–Crippen LogP) is 4.09. The Hall–Kier alpha value is -1.24. The molecule has 0 fully saturated rings. The summed E-state index contributed by atoms with van der Waals surface area (Å²) in [5.74, 6) is 1.75. The van der Waals surface area contributed by atoms with Gasteiger partial charge in [-0.25, -0.2) is 0 Å². The van der Waals surface area contributed by atoms with Crippen LogP contribution in [0.2, 0.25) is 0 Å². The molecule has 0 amide bonds. The second-order valence-corrected chi connectivity index (χ2v) is 4.10. The molecular formula is C14H20O. The first-order valence-corrected chi connectivity index (χ1v) is 5.40. The lowest BCUT2D eigenvalue weighted by molar-refractivity contribution is 0.421. The molecule has 0 heterocycles. The molecule has 1 nitrogen and oxygen atoms in total. The van der Waals surface area contributed by atoms with Gasteiger partial charge in [-0.3, -0.25) is 0 Å². The smallest absolute Gasteiger partial charge is 0.133 e. The van der Waals surface area contributed by atoms with Crippen molar-refractivity contribution in [2.45, 2.75) is 41.0 Å². The van der Waals surface area contributed by atoms with Crippen molar-refractivity contribution in [1.29, 1.82) is 0 Å². The largest absolute Gasteiger partial charge is 0.462 e. The molecule has 0 unspecified atom stereocenters. The van der Waals surface area contributed by atoms with E-state index in [2.05, 4.69) is 40.3 Å². The van der Waals surface area contributed by atoms with Gasteiger partial charge in [-0.05, 0) is 56.4 Å². The molecule has 0 N–H and O–H groups in total. The molecule has 1 heteroatoms. The molecule has 0 aliphatic heterocycles. The molecule has 0 aliphatic carbocycles. The van der Waals surface area contributed by atoms with Crippen LogP contribution in [0.15, 0.2) is 18.4 Å². The van der Waals surface area contributed by atoms with Gasteiger partial charge in [-0.15, -0.1) is 0 Å². The van der Waals surface area contributed by atoms with Crippen LogP contribution in [-0.2, 0) is 6.42 Å². The summed E-state index contributed by atoms with van der Waals surface area (Å²) in [5, 5.41) is 0. The highest BCUT2D eigenvalue weighted by Crippen LogP contribution is 2.31. The molecule has 0 bridgehead atoms. The summed E-state index contributed by atoms with van der Waals surface area (Å²) >= 11 is 0. The van der Waals surface area contributed by atoms with E-state index in [1.54, 1.807) is 0 Å². The van der Waals surface area contributed by atoms with Gasteiger partial charge in [-0.2, -0.15) is 0 Å². The van der Waals surface area contributed by atoms with Crippen molar-refractivity contribution in [3.05, 3.63) is 40.7 Å². The van der Waals surface area contributed by atoms with Gasteiger partial charge >= 0.3 is 0 Å². The molecule has 0 aromatic heterocycles. The van der Waals surface area contributed by atoms with E-state index < -0.39 is 0 Å². The molecule has 82 valence electrons. The van der Waals surface area contributed by atoms with Gasteiger partial charge in [-0.1, -0.05) is 19.6 Å². The first-order valence-electron chi connectivity index (χ1n) is 5.40. The van der Waals surface area contributed by atoms with Crippen LogP contribution in [0.4, 0.5) is 0 Å². The van der Waals surface area contributed by atoms with Crippen LogP contribution < -0.4 is 4.74 Å². The Kier molecular flexibility index (Phi) is 3.57. The third-order valence-electron chi connectivity index (χ3n) is 2.75. The van der Waals surface area contributed by atoms with Crippen molar-refractivity contribution in [3.63, 3.8) is 0 Å². The molecule has 0 atom stereocenters. The Labute approximate surface area is 92.8 Å². The van der Waals surface area contributed by atoms with Crippen LogP contribution in [0.3, 0.4) is 0 Å². The molecule has 1 rings (SSSR count). The molecule has 0 saturated carbocycles. The number of hydrogen-bond donors (Lipinski definition) is 0. The van der Waals surface area contributed by atoms with Crippen LogP contribution in [0.5, 0.6) is 5.75 Å². The van der Waals surface area contributed by atoms with Gasteiger partial charge in [0.1, 0.15) is 5.75 Å². The zero-order valence-electron chi connectivity index (χ0n) is 10.4. The van der Waals surface area contributed by atoms with E-state index in [-0.39, 0.29) is 0 Å². The van der Waals surface area contributed by atoms with Gasteiger partial charge in [0.25, 0.3) is 0 Å². The molecule has 0 spiro atoms. The maximum Gasteiger partial charge on any atom is 0.133 e. The average Bonchev–Trinajstić information content (AvgIpc) is 2.13. The van der Waals surface area contributed by atoms with Crippen molar-refractivity contribution in [2.75, 3.05) is 0 Å².